The molecule has 4 rings (SSSR count). The van der Waals surface area contributed by atoms with Crippen LogP contribution in [0.3, 0.4) is 0 Å². The van der Waals surface area contributed by atoms with Gasteiger partial charge in [0.05, 0.1) is 19.2 Å². The summed E-state index contributed by atoms with van der Waals surface area (Å²) in [6, 6.07) is 9.85. The van der Waals surface area contributed by atoms with E-state index in [1.54, 1.807) is 7.11 Å². The molecule has 1 amide bonds. The fourth-order valence-corrected chi connectivity index (χ4v) is 3.47. The van der Waals surface area contributed by atoms with Gasteiger partial charge in [0.1, 0.15) is 5.75 Å². The number of aromatic amines is 1. The van der Waals surface area contributed by atoms with E-state index in [9.17, 15) is 4.79 Å². The Morgan fingerprint density at radius 2 is 2.23 bits per heavy atom. The monoisotopic (exact) mass is 350 g/mol. The predicted molar refractivity (Wildman–Crippen MR) is 98.8 cm³/mol. The quantitative estimate of drug-likeness (QED) is 0.786. The van der Waals surface area contributed by atoms with Gasteiger partial charge in [-0.25, -0.2) is 0 Å². The third kappa shape index (κ3) is 3.10. The van der Waals surface area contributed by atoms with E-state index in [0.29, 0.717) is 13.0 Å². The molecule has 6 nitrogen and oxygen atoms in total. The lowest BCUT2D eigenvalue weighted by molar-refractivity contribution is -0.131. The summed E-state index contributed by atoms with van der Waals surface area (Å²) in [5, 5.41) is 7.65. The number of carbonyl (C=O) groups excluding carboxylic acids is 1. The van der Waals surface area contributed by atoms with Gasteiger partial charge < -0.3 is 14.2 Å². The number of hydrogen-bond donors (Lipinski definition) is 1. The van der Waals surface area contributed by atoms with Crippen LogP contribution in [0.1, 0.15) is 16.8 Å². The summed E-state index contributed by atoms with van der Waals surface area (Å²) in [4.78, 5) is 14.6. The number of nitrogens with zero attached hydrogens (tertiary/aromatic N) is 3. The number of aryl methyl sites for hydroxylation is 1. The second kappa shape index (κ2) is 6.71. The van der Waals surface area contributed by atoms with Crippen molar-refractivity contribution < 1.29 is 9.53 Å². The summed E-state index contributed by atoms with van der Waals surface area (Å²) in [6.07, 6.45) is 5.19. The molecule has 0 bridgehead atoms. The molecule has 1 N–H and O–H groups in total. The lowest BCUT2D eigenvalue weighted by atomic mass is 10.0. The van der Waals surface area contributed by atoms with E-state index >= 15 is 0 Å². The van der Waals surface area contributed by atoms with Crippen LogP contribution in [0.4, 0.5) is 0 Å². The van der Waals surface area contributed by atoms with Gasteiger partial charge in [-0.05, 0) is 23.8 Å². The predicted octanol–water partition coefficient (Wildman–Crippen LogP) is 2.55. The highest BCUT2D eigenvalue weighted by Gasteiger charge is 2.26. The van der Waals surface area contributed by atoms with Gasteiger partial charge in [-0.15, -0.1) is 0 Å². The van der Waals surface area contributed by atoms with E-state index < -0.39 is 0 Å². The van der Waals surface area contributed by atoms with Crippen molar-refractivity contribution >= 4 is 5.91 Å². The van der Waals surface area contributed by atoms with Crippen LogP contribution in [0.15, 0.2) is 42.7 Å². The first-order chi connectivity index (χ1) is 12.6. The zero-order chi connectivity index (χ0) is 18.1. The Balaban J connectivity index is 1.56. The van der Waals surface area contributed by atoms with E-state index in [-0.39, 0.29) is 5.91 Å². The average molecular weight is 350 g/mol. The van der Waals surface area contributed by atoms with Crippen LogP contribution in [0.2, 0.25) is 0 Å². The van der Waals surface area contributed by atoms with Crippen molar-refractivity contribution in [1.82, 2.24) is 19.7 Å². The Morgan fingerprint density at radius 1 is 1.35 bits per heavy atom. The molecule has 0 saturated heterocycles. The van der Waals surface area contributed by atoms with Crippen LogP contribution in [0.25, 0.3) is 11.3 Å². The average Bonchev–Trinajstić information content (AvgIpc) is 3.27. The molecule has 134 valence electrons. The van der Waals surface area contributed by atoms with Crippen LogP contribution < -0.4 is 4.74 Å². The molecule has 1 aliphatic heterocycles. The molecule has 1 aromatic carbocycles. The summed E-state index contributed by atoms with van der Waals surface area (Å²) in [6.45, 7) is 1.31. The van der Waals surface area contributed by atoms with Gasteiger partial charge in [0.25, 0.3) is 0 Å². The first-order valence-corrected chi connectivity index (χ1v) is 8.73. The van der Waals surface area contributed by atoms with Crippen molar-refractivity contribution in [2.75, 3.05) is 13.7 Å². The van der Waals surface area contributed by atoms with Gasteiger partial charge in [-0.3, -0.25) is 9.89 Å². The minimum Gasteiger partial charge on any atom is -0.497 e. The third-order valence-corrected chi connectivity index (χ3v) is 4.88. The molecular formula is C20H22N4O2. The molecule has 3 heterocycles. The molecular weight excluding hydrogens is 328 g/mol. The zero-order valence-electron chi connectivity index (χ0n) is 15.0. The van der Waals surface area contributed by atoms with Crippen molar-refractivity contribution in [3.05, 3.63) is 59.5 Å². The largest absolute Gasteiger partial charge is 0.497 e. The molecule has 0 fully saturated rings. The SMILES string of the molecule is COc1cccc(-c2n[nH]c3c2CN(C(=O)Cc2ccn(C)c2)CC3)c1. The lowest BCUT2D eigenvalue weighted by Gasteiger charge is -2.27. The summed E-state index contributed by atoms with van der Waals surface area (Å²) in [5.74, 6) is 0.951. The van der Waals surface area contributed by atoms with Crippen molar-refractivity contribution in [1.29, 1.82) is 0 Å². The standard InChI is InChI=1S/C20H22N4O2/c1-23-8-6-14(12-23)10-19(25)24-9-7-18-17(13-24)20(22-21-18)15-4-3-5-16(11-15)26-2/h3-6,8,11-12H,7,9-10,13H2,1-2H3,(H,21,22). The number of amides is 1. The normalized spacial score (nSPS) is 13.5. The fourth-order valence-electron chi connectivity index (χ4n) is 3.47. The third-order valence-electron chi connectivity index (χ3n) is 4.88. The van der Waals surface area contributed by atoms with Gasteiger partial charge in [0, 0.05) is 55.8 Å². The molecule has 0 unspecified atom stereocenters. The van der Waals surface area contributed by atoms with E-state index in [1.165, 1.54) is 0 Å². The molecule has 6 heteroatoms. The summed E-state index contributed by atoms with van der Waals surface area (Å²) in [7, 11) is 3.62. The topological polar surface area (TPSA) is 63.1 Å². The van der Waals surface area contributed by atoms with E-state index in [0.717, 1.165) is 46.8 Å². The minimum absolute atomic E-state index is 0.152. The summed E-state index contributed by atoms with van der Waals surface area (Å²) >= 11 is 0. The Morgan fingerprint density at radius 3 is 3.00 bits per heavy atom. The van der Waals surface area contributed by atoms with Crippen LogP contribution in [0, 0.1) is 0 Å². The Bertz CT molecular complexity index is 941. The first-order valence-electron chi connectivity index (χ1n) is 8.73. The number of benzene rings is 1. The smallest absolute Gasteiger partial charge is 0.227 e. The molecule has 0 spiro atoms. The van der Waals surface area contributed by atoms with Gasteiger partial charge in [-0.1, -0.05) is 12.1 Å². The summed E-state index contributed by atoms with van der Waals surface area (Å²) in [5.41, 5.74) is 5.16. The number of hydrogen-bond acceptors (Lipinski definition) is 3. The van der Waals surface area contributed by atoms with Gasteiger partial charge in [0.2, 0.25) is 5.91 Å². The molecule has 3 aromatic rings. The fraction of sp³-hybridized carbons (Fsp3) is 0.300. The molecule has 0 aliphatic carbocycles. The first kappa shape index (κ1) is 16.4. The lowest BCUT2D eigenvalue weighted by Crippen LogP contribution is -2.36. The maximum atomic E-state index is 12.7. The van der Waals surface area contributed by atoms with E-state index in [4.69, 9.17) is 4.74 Å². The molecule has 0 saturated carbocycles. The number of fused-ring (bicyclic) bond motifs is 1. The van der Waals surface area contributed by atoms with Crippen LogP contribution in [-0.2, 0) is 31.2 Å². The maximum Gasteiger partial charge on any atom is 0.227 e. The van der Waals surface area contributed by atoms with Crippen molar-refractivity contribution in [2.45, 2.75) is 19.4 Å². The molecule has 0 radical (unpaired) electrons. The van der Waals surface area contributed by atoms with Crippen molar-refractivity contribution in [2.24, 2.45) is 7.05 Å². The van der Waals surface area contributed by atoms with Gasteiger partial charge in [0.15, 0.2) is 0 Å². The van der Waals surface area contributed by atoms with E-state index in [1.807, 2.05) is 59.2 Å². The number of methoxy groups -OCH3 is 1. The molecule has 0 atom stereocenters. The number of aromatic nitrogens is 3. The Labute approximate surface area is 152 Å². The van der Waals surface area contributed by atoms with Gasteiger partial charge >= 0.3 is 0 Å². The van der Waals surface area contributed by atoms with Crippen molar-refractivity contribution in [3.8, 4) is 17.0 Å². The number of ether oxygens (including phenoxy) is 1. The molecule has 1 aliphatic rings. The highest BCUT2D eigenvalue weighted by Crippen LogP contribution is 2.30. The second-order valence-electron chi connectivity index (χ2n) is 6.69. The number of carbonyl (C=O) groups is 1. The van der Waals surface area contributed by atoms with Crippen molar-refractivity contribution in [3.63, 3.8) is 0 Å². The van der Waals surface area contributed by atoms with Gasteiger partial charge in [-0.2, -0.15) is 5.10 Å². The van der Waals surface area contributed by atoms with Crippen LogP contribution in [-0.4, -0.2) is 39.2 Å². The number of rotatable bonds is 4. The van der Waals surface area contributed by atoms with Crippen LogP contribution in [0.5, 0.6) is 5.75 Å². The maximum absolute atomic E-state index is 12.7. The minimum atomic E-state index is 0.152. The molecule has 26 heavy (non-hydrogen) atoms. The highest BCUT2D eigenvalue weighted by atomic mass is 16.5. The van der Waals surface area contributed by atoms with E-state index in [2.05, 4.69) is 10.2 Å². The summed E-state index contributed by atoms with van der Waals surface area (Å²) < 4.78 is 7.29. The Kier molecular flexibility index (Phi) is 4.24. The molecule has 2 aromatic heterocycles. The van der Waals surface area contributed by atoms with Crippen LogP contribution >= 0.6 is 0 Å². The zero-order valence-corrected chi connectivity index (χ0v) is 15.0. The number of nitrogens with one attached hydrogen (secondary N) is 1. The Hall–Kier alpha value is -3.02. The highest BCUT2D eigenvalue weighted by molar-refractivity contribution is 5.79. The number of H-pyrrole nitrogens is 1. The second-order valence-corrected chi connectivity index (χ2v) is 6.69.